The van der Waals surface area contributed by atoms with Crippen molar-refractivity contribution in [2.75, 3.05) is 64.4 Å². The number of amides is 4. The van der Waals surface area contributed by atoms with Gasteiger partial charge in [-0.05, 0) is 192 Å². The van der Waals surface area contributed by atoms with Gasteiger partial charge >= 0.3 is 0 Å². The van der Waals surface area contributed by atoms with Gasteiger partial charge in [0.1, 0.15) is 11.6 Å². The lowest BCUT2D eigenvalue weighted by Crippen LogP contribution is -2.48. The van der Waals surface area contributed by atoms with E-state index in [4.69, 9.17) is 97.5 Å². The molecule has 16 rings (SSSR count). The van der Waals surface area contributed by atoms with Gasteiger partial charge in [-0.1, -0.05) is 106 Å². The Hall–Kier alpha value is -6.40. The second-order valence-corrected chi connectivity index (χ2v) is 32.0. The molecule has 10 aliphatic rings. The molecular weight excluding hydrogens is 1500 g/mol. The summed E-state index contributed by atoms with van der Waals surface area (Å²) in [7, 11) is 1.67. The number of aliphatic hydroxyl groups is 4. The number of hydrogen-bond donors (Lipinski definition) is 8. The molecule has 4 aliphatic carbocycles. The van der Waals surface area contributed by atoms with Crippen LogP contribution >= 0.6 is 92.8 Å². The van der Waals surface area contributed by atoms with Crippen molar-refractivity contribution in [3.05, 3.63) is 170 Å². The molecule has 550 valence electrons. The summed E-state index contributed by atoms with van der Waals surface area (Å²) in [4.78, 5) is 106. The number of carbonyl (C=O) groups is 8. The van der Waals surface area contributed by atoms with E-state index in [0.717, 1.165) is 101 Å². The molecule has 6 fully saturated rings. The minimum absolute atomic E-state index is 0.0246. The summed E-state index contributed by atoms with van der Waals surface area (Å²) in [6.07, 6.45) is 12.2. The van der Waals surface area contributed by atoms with Crippen LogP contribution in [0.15, 0.2) is 91.0 Å². The Labute approximate surface area is 641 Å². The quantitative estimate of drug-likeness (QED) is 0.0418. The highest BCUT2D eigenvalue weighted by Crippen LogP contribution is 2.60. The first-order chi connectivity index (χ1) is 49.3. The lowest BCUT2D eigenvalue weighted by molar-refractivity contribution is -0.149. The van der Waals surface area contributed by atoms with Crippen molar-refractivity contribution < 1.29 is 63.5 Å². The molecule has 0 aromatic heterocycles. The zero-order chi connectivity index (χ0) is 74.8. The minimum atomic E-state index is -2.05. The number of rotatable bonds is 16. The number of hydrogen-bond acceptors (Lipinski definition) is 15. The lowest BCUT2D eigenvalue weighted by Gasteiger charge is -2.53. The van der Waals surface area contributed by atoms with Gasteiger partial charge in [-0.25, -0.2) is 0 Å². The summed E-state index contributed by atoms with van der Waals surface area (Å²) >= 11 is 49.2. The summed E-state index contributed by atoms with van der Waals surface area (Å²) in [5.41, 5.74) is -2.08. The number of anilines is 6. The van der Waals surface area contributed by atoms with Crippen LogP contribution in [0.1, 0.15) is 171 Å². The van der Waals surface area contributed by atoms with Crippen LogP contribution in [0.4, 0.5) is 34.1 Å². The Kier molecular flexibility index (Phi) is 22.5. The number of ether oxygens (including phenoxy) is 1. The van der Waals surface area contributed by atoms with E-state index in [0.29, 0.717) is 40.1 Å². The van der Waals surface area contributed by atoms with Gasteiger partial charge in [0.15, 0.2) is 34.0 Å². The van der Waals surface area contributed by atoms with Crippen LogP contribution in [0, 0.1) is 23.7 Å². The average Bonchev–Trinajstić information content (AvgIpc) is 1.36. The maximum Gasteiger partial charge on any atom is 0.261 e. The molecule has 2 saturated heterocycles. The first-order valence-corrected chi connectivity index (χ1v) is 37.8. The number of aryl methyl sites for hydroxylation is 1. The Morgan fingerprint density at radius 2 is 0.827 bits per heavy atom. The van der Waals surface area contributed by atoms with Gasteiger partial charge in [0.25, 0.3) is 23.6 Å². The molecule has 8 N–H and O–H groups in total. The Balaban J connectivity index is 0.000000131. The fourth-order valence-corrected chi connectivity index (χ4v) is 18.3. The van der Waals surface area contributed by atoms with Crippen LogP contribution < -0.4 is 31.1 Å². The molecule has 4 unspecified atom stereocenters. The SMILES string of the molecule is CCC12CCC(C(=O)CC3(O)C(=O)Nc4c(Cl)ccc(Cl)c43)(CC1)CC2.COC1CCC(C(=O)CC2(O)C(=O)Nc3c(Cl)ccc(Cl)c32)CC1.Cc1cc(C(=O)CC2(O)C(=O)Nc3c(Cl)ccc(Cl)c32)ccc1N1CCCC1.O=C(CC1(O)C(=O)Nc2c(Cl)ccc(Cl)c21)c1ccc(N2CCC2)cc1. The number of fused-ring (bicyclic) bond motifs is 7. The second kappa shape index (κ2) is 30.3. The van der Waals surface area contributed by atoms with E-state index in [1.54, 1.807) is 43.5 Å². The summed E-state index contributed by atoms with van der Waals surface area (Å²) < 4.78 is 5.31. The third kappa shape index (κ3) is 14.4. The van der Waals surface area contributed by atoms with Crippen molar-refractivity contribution in [3.8, 4) is 0 Å². The van der Waals surface area contributed by atoms with E-state index < -0.39 is 64.3 Å². The van der Waals surface area contributed by atoms with Crippen molar-refractivity contribution in [1.82, 2.24) is 0 Å². The van der Waals surface area contributed by atoms with Crippen LogP contribution in [0.25, 0.3) is 0 Å². The number of nitrogens with zero attached hydrogens (tertiary/aromatic N) is 2. The summed E-state index contributed by atoms with van der Waals surface area (Å²) in [5, 5.41) is 56.3. The number of carbonyl (C=O) groups excluding carboxylic acids is 8. The van der Waals surface area contributed by atoms with Crippen LogP contribution in [0.5, 0.6) is 0 Å². The predicted octanol–water partition coefficient (Wildman–Crippen LogP) is 16.1. The molecule has 6 heterocycles. The number of nitrogens with one attached hydrogen (secondary N) is 4. The van der Waals surface area contributed by atoms with E-state index in [1.165, 1.54) is 49.6 Å². The first kappa shape index (κ1) is 77.2. The molecule has 27 heteroatoms. The molecule has 6 aromatic rings. The van der Waals surface area contributed by atoms with E-state index in [2.05, 4.69) is 38.0 Å². The third-order valence-electron chi connectivity index (χ3n) is 22.8. The average molecular weight is 1580 g/mol. The highest BCUT2D eigenvalue weighted by atomic mass is 35.5. The normalized spacial score (nSPS) is 26.5. The fourth-order valence-electron chi connectivity index (χ4n) is 16.2. The molecule has 4 atom stereocenters. The maximum atomic E-state index is 13.3. The molecule has 19 nitrogen and oxygen atoms in total. The Morgan fingerprint density at radius 1 is 0.462 bits per heavy atom. The lowest BCUT2D eigenvalue weighted by atomic mass is 9.51. The number of halogens is 8. The van der Waals surface area contributed by atoms with Crippen molar-refractivity contribution >= 4 is 174 Å². The van der Waals surface area contributed by atoms with Gasteiger partial charge in [-0.3, -0.25) is 38.4 Å². The molecule has 4 amide bonds. The van der Waals surface area contributed by atoms with Crippen molar-refractivity contribution in [2.45, 2.75) is 158 Å². The van der Waals surface area contributed by atoms with Crippen LogP contribution in [-0.4, -0.2) is 107 Å². The highest BCUT2D eigenvalue weighted by Gasteiger charge is 2.57. The smallest absolute Gasteiger partial charge is 0.261 e. The van der Waals surface area contributed by atoms with Gasteiger partial charge in [0.2, 0.25) is 0 Å². The largest absolute Gasteiger partial charge is 0.381 e. The molecule has 4 saturated carbocycles. The van der Waals surface area contributed by atoms with E-state index in [-0.39, 0.29) is 122 Å². The minimum Gasteiger partial charge on any atom is -0.381 e. The van der Waals surface area contributed by atoms with Gasteiger partial charge in [0, 0.05) is 122 Å². The van der Waals surface area contributed by atoms with Gasteiger partial charge in [0.05, 0.1) is 61.8 Å². The van der Waals surface area contributed by atoms with Crippen LogP contribution in [0.2, 0.25) is 40.2 Å². The zero-order valence-electron chi connectivity index (χ0n) is 57.3. The summed E-state index contributed by atoms with van der Waals surface area (Å²) in [6.45, 7) is 8.27. The molecule has 6 aliphatic heterocycles. The van der Waals surface area contributed by atoms with Gasteiger partial charge in [-0.2, -0.15) is 0 Å². The predicted molar refractivity (Wildman–Crippen MR) is 405 cm³/mol. The van der Waals surface area contributed by atoms with E-state index in [1.807, 2.05) is 31.2 Å². The second-order valence-electron chi connectivity index (χ2n) is 28.7. The number of Topliss-reactive ketones (excluding diaryl/α,β-unsaturated/α-hetero) is 4. The number of ketones is 4. The highest BCUT2D eigenvalue weighted by molar-refractivity contribution is 6.41. The van der Waals surface area contributed by atoms with Gasteiger partial charge in [-0.15, -0.1) is 0 Å². The van der Waals surface area contributed by atoms with Crippen molar-refractivity contribution in [3.63, 3.8) is 0 Å². The molecular formula is C77H78Cl8N6O13. The van der Waals surface area contributed by atoms with Crippen molar-refractivity contribution in [1.29, 1.82) is 0 Å². The summed E-state index contributed by atoms with van der Waals surface area (Å²) in [5.74, 6) is -3.69. The first-order valence-electron chi connectivity index (χ1n) is 34.8. The van der Waals surface area contributed by atoms with Crippen molar-refractivity contribution in [2.24, 2.45) is 16.7 Å². The van der Waals surface area contributed by atoms with Gasteiger partial charge < -0.3 is 56.2 Å². The fraction of sp³-hybridized carbons (Fsp3) is 0.429. The maximum absolute atomic E-state index is 13.3. The zero-order valence-corrected chi connectivity index (χ0v) is 63.3. The standard InChI is InChI=1S/C21H20Cl2N2O3.C20H23Cl2NO3.C19H16Cl2N2O3.C17H19Cl2NO4/c1-12-10-13(4-7-16(12)25-8-2-3-9-25)17(26)11-21(28)18-14(22)5-6-15(23)19(18)24-20(21)27;1-2-18-5-8-19(9-6-18,10-7-18)14(24)11-20(26)15-12(21)3-4-13(22)16(15)23-17(20)25;20-13-6-7-14(21)17-16(13)19(26,18(25)22-17)10-15(24)11-2-4-12(5-3-11)23-8-1-9-23;1-24-10-4-2-9(3-5-10)13(21)8-17(23)14-11(18)6-7-12(19)15(14)20-16(17)22/h4-7,10,28H,2-3,8-9,11H2,1H3,(H,24,27);3-4,26H,2,5-11H2,1H3,(H,23,25);2-7,26H,1,8-10H2,(H,22,25);6-7,9-10,23H,2-5,8H2,1H3,(H,20,22). The summed E-state index contributed by atoms with van der Waals surface area (Å²) in [6, 6.07) is 24.9. The third-order valence-corrected chi connectivity index (χ3v) is 25.3. The Bertz CT molecular complexity index is 4480. The van der Waals surface area contributed by atoms with E-state index in [9.17, 15) is 58.8 Å². The molecule has 104 heavy (non-hydrogen) atoms. The van der Waals surface area contributed by atoms with Crippen LogP contribution in [-0.2, 0) is 55.9 Å². The topological polar surface area (TPSA) is 281 Å². The molecule has 0 radical (unpaired) electrons. The van der Waals surface area contributed by atoms with E-state index >= 15 is 0 Å². The number of methoxy groups -OCH3 is 1. The molecule has 2 bridgehead atoms. The Morgan fingerprint density at radius 3 is 1.20 bits per heavy atom. The molecule has 0 spiro atoms. The number of benzene rings is 6. The monoisotopic (exact) mass is 1570 g/mol. The van der Waals surface area contributed by atoms with Crippen LogP contribution in [0.3, 0.4) is 0 Å². The molecule has 6 aromatic carbocycles.